The van der Waals surface area contributed by atoms with E-state index in [1.165, 1.54) is 34.2 Å². The molecule has 0 bridgehead atoms. The van der Waals surface area contributed by atoms with E-state index in [9.17, 15) is 28.1 Å². The Balaban J connectivity index is 1.65. The number of alkyl halides is 3. The Labute approximate surface area is 168 Å². The molecule has 1 aromatic carbocycles. The molecule has 12 heteroatoms. The summed E-state index contributed by atoms with van der Waals surface area (Å²) in [4.78, 5) is 28.3. The Morgan fingerprint density at radius 3 is 2.52 bits per heavy atom. The van der Waals surface area contributed by atoms with Gasteiger partial charge >= 0.3 is 12.2 Å². The molecule has 1 aliphatic heterocycles. The molecular weight excluding hydrogens is 415 g/mol. The summed E-state index contributed by atoms with van der Waals surface area (Å²) >= 11 is 5.74. The van der Waals surface area contributed by atoms with E-state index in [0.29, 0.717) is 0 Å². The zero-order valence-corrected chi connectivity index (χ0v) is 15.6. The summed E-state index contributed by atoms with van der Waals surface area (Å²) < 4.78 is 39.6. The molecule has 3 rings (SSSR count). The van der Waals surface area contributed by atoms with Crippen molar-refractivity contribution in [1.82, 2.24) is 4.90 Å². The van der Waals surface area contributed by atoms with Gasteiger partial charge in [-0.05, 0) is 24.3 Å². The van der Waals surface area contributed by atoms with Crippen LogP contribution in [0.3, 0.4) is 0 Å². The SMILES string of the molecule is O=C(Nc1ccc(Cl)c([N+](=O)[O-])c1)N1CCN(c2[nH+]cccc2C(F)(F)F)CC1. The molecule has 2 heterocycles. The number of carbonyl (C=O) groups is 1. The molecule has 1 fully saturated rings. The molecule has 0 saturated carbocycles. The van der Waals surface area contributed by atoms with Crippen LogP contribution in [0.2, 0.25) is 5.02 Å². The van der Waals surface area contributed by atoms with Crippen molar-refractivity contribution in [2.75, 3.05) is 36.4 Å². The molecule has 1 aromatic heterocycles. The highest BCUT2D eigenvalue weighted by Gasteiger charge is 2.40. The number of nitro groups is 1. The lowest BCUT2D eigenvalue weighted by atomic mass is 10.2. The number of halogens is 4. The molecule has 0 spiro atoms. The lowest BCUT2D eigenvalue weighted by Crippen LogP contribution is -2.51. The fourth-order valence-electron chi connectivity index (χ4n) is 2.98. The molecule has 29 heavy (non-hydrogen) atoms. The summed E-state index contributed by atoms with van der Waals surface area (Å²) in [7, 11) is 0. The van der Waals surface area contributed by atoms with Crippen LogP contribution >= 0.6 is 11.6 Å². The summed E-state index contributed by atoms with van der Waals surface area (Å²) in [5, 5.41) is 13.4. The van der Waals surface area contributed by atoms with Crippen LogP contribution in [0, 0.1) is 10.1 Å². The maximum absolute atomic E-state index is 13.2. The highest BCUT2D eigenvalue weighted by molar-refractivity contribution is 6.32. The molecule has 154 valence electrons. The number of aromatic nitrogens is 1. The fraction of sp³-hybridized carbons (Fsp3) is 0.294. The van der Waals surface area contributed by atoms with Crippen molar-refractivity contribution in [2.45, 2.75) is 6.18 Å². The van der Waals surface area contributed by atoms with Gasteiger partial charge in [-0.1, -0.05) is 11.6 Å². The van der Waals surface area contributed by atoms with Crippen molar-refractivity contribution in [2.24, 2.45) is 0 Å². The minimum atomic E-state index is -4.50. The molecule has 0 aliphatic carbocycles. The molecule has 0 atom stereocenters. The van der Waals surface area contributed by atoms with Crippen LogP contribution in [-0.2, 0) is 6.18 Å². The number of hydrogen-bond donors (Lipinski definition) is 1. The van der Waals surface area contributed by atoms with Gasteiger partial charge in [0.25, 0.3) is 11.5 Å². The quantitative estimate of drug-likeness (QED) is 0.596. The highest BCUT2D eigenvalue weighted by atomic mass is 35.5. The van der Waals surface area contributed by atoms with Gasteiger partial charge in [-0.3, -0.25) is 15.0 Å². The van der Waals surface area contributed by atoms with E-state index in [-0.39, 0.29) is 48.4 Å². The molecule has 2 amide bonds. The van der Waals surface area contributed by atoms with Crippen LogP contribution < -0.4 is 15.2 Å². The van der Waals surface area contributed by atoms with Gasteiger partial charge < -0.3 is 10.2 Å². The topological polar surface area (TPSA) is 92.9 Å². The van der Waals surface area contributed by atoms with Crippen molar-refractivity contribution in [3.63, 3.8) is 0 Å². The zero-order chi connectivity index (χ0) is 21.2. The van der Waals surface area contributed by atoms with Crippen molar-refractivity contribution >= 4 is 34.8 Å². The Hall–Kier alpha value is -3.08. The van der Waals surface area contributed by atoms with Gasteiger partial charge in [0.2, 0.25) is 0 Å². The van der Waals surface area contributed by atoms with Crippen LogP contribution in [0.15, 0.2) is 36.5 Å². The van der Waals surface area contributed by atoms with Crippen LogP contribution in [0.25, 0.3) is 0 Å². The second-order valence-electron chi connectivity index (χ2n) is 6.26. The van der Waals surface area contributed by atoms with Gasteiger partial charge in [-0.15, -0.1) is 0 Å². The molecule has 2 aromatic rings. The maximum Gasteiger partial charge on any atom is 0.424 e. The van der Waals surface area contributed by atoms with Crippen molar-refractivity contribution in [3.05, 3.63) is 57.2 Å². The number of hydrogen-bond acceptors (Lipinski definition) is 4. The number of aromatic amines is 1. The lowest BCUT2D eigenvalue weighted by Gasteiger charge is -2.31. The number of rotatable bonds is 3. The Morgan fingerprint density at radius 1 is 1.21 bits per heavy atom. The average Bonchev–Trinajstić information content (AvgIpc) is 2.68. The smallest absolute Gasteiger partial charge is 0.317 e. The van der Waals surface area contributed by atoms with Gasteiger partial charge in [-0.2, -0.15) is 13.2 Å². The van der Waals surface area contributed by atoms with Crippen molar-refractivity contribution < 1.29 is 27.9 Å². The summed E-state index contributed by atoms with van der Waals surface area (Å²) in [6.07, 6.45) is -3.08. The number of pyridine rings is 1. The van der Waals surface area contributed by atoms with Crippen LogP contribution in [0.1, 0.15) is 5.56 Å². The maximum atomic E-state index is 13.2. The van der Waals surface area contributed by atoms with Crippen molar-refractivity contribution in [1.29, 1.82) is 0 Å². The first-order chi connectivity index (χ1) is 13.7. The third-order valence-electron chi connectivity index (χ3n) is 4.42. The number of nitrogens with one attached hydrogen (secondary N) is 2. The molecule has 8 nitrogen and oxygen atoms in total. The fourth-order valence-corrected chi connectivity index (χ4v) is 3.17. The number of anilines is 2. The normalized spacial score (nSPS) is 14.6. The minimum Gasteiger partial charge on any atom is -0.317 e. The van der Waals surface area contributed by atoms with E-state index >= 15 is 0 Å². The largest absolute Gasteiger partial charge is 0.424 e. The summed E-state index contributed by atoms with van der Waals surface area (Å²) in [5.41, 5.74) is -0.913. The molecule has 0 unspecified atom stereocenters. The number of H-pyrrole nitrogens is 1. The molecule has 1 aliphatic rings. The Bertz CT molecular complexity index is 933. The second kappa shape index (κ2) is 8.11. The zero-order valence-electron chi connectivity index (χ0n) is 14.9. The number of amides is 2. The predicted molar refractivity (Wildman–Crippen MR) is 98.9 cm³/mol. The van der Waals surface area contributed by atoms with E-state index in [1.54, 1.807) is 0 Å². The first kappa shape index (κ1) is 20.6. The van der Waals surface area contributed by atoms with E-state index in [2.05, 4.69) is 10.3 Å². The number of carbonyl (C=O) groups excluding carboxylic acids is 1. The van der Waals surface area contributed by atoms with E-state index in [4.69, 9.17) is 11.6 Å². The van der Waals surface area contributed by atoms with Gasteiger partial charge in [-0.25, -0.2) is 9.78 Å². The van der Waals surface area contributed by atoms with E-state index in [0.717, 1.165) is 12.1 Å². The monoisotopic (exact) mass is 430 g/mol. The first-order valence-electron chi connectivity index (χ1n) is 8.49. The van der Waals surface area contributed by atoms with Gasteiger partial charge in [0, 0.05) is 11.8 Å². The minimum absolute atomic E-state index is 0.0478. The Kier molecular flexibility index (Phi) is 5.78. The summed E-state index contributed by atoms with van der Waals surface area (Å²) in [6, 6.07) is 5.65. The summed E-state index contributed by atoms with van der Waals surface area (Å²) in [6.45, 7) is 0.749. The van der Waals surface area contributed by atoms with E-state index < -0.39 is 22.7 Å². The number of piperazine rings is 1. The Morgan fingerprint density at radius 2 is 1.90 bits per heavy atom. The second-order valence-corrected chi connectivity index (χ2v) is 6.66. The van der Waals surface area contributed by atoms with Crippen LogP contribution in [0.5, 0.6) is 0 Å². The van der Waals surface area contributed by atoms with Crippen LogP contribution in [-0.4, -0.2) is 42.0 Å². The van der Waals surface area contributed by atoms with Gasteiger partial charge in [0.1, 0.15) is 23.7 Å². The third-order valence-corrected chi connectivity index (χ3v) is 4.74. The number of urea groups is 1. The molecule has 1 saturated heterocycles. The van der Waals surface area contributed by atoms with Crippen LogP contribution in [0.4, 0.5) is 35.2 Å². The average molecular weight is 431 g/mol. The number of benzene rings is 1. The standard InChI is InChI=1S/C17H15ClF3N5O3/c18-13-4-3-11(10-14(13)26(28)29)23-16(27)25-8-6-24(7-9-25)15-12(17(19,20)21)2-1-5-22-15/h1-5,10H,6-9H2,(H,23,27)/p+1. The predicted octanol–water partition coefficient (Wildman–Crippen LogP) is 3.44. The van der Waals surface area contributed by atoms with Gasteiger partial charge in [0.15, 0.2) is 0 Å². The van der Waals surface area contributed by atoms with E-state index in [1.807, 2.05) is 0 Å². The first-order valence-corrected chi connectivity index (χ1v) is 8.87. The molecule has 0 radical (unpaired) electrons. The number of nitro benzene ring substituents is 1. The highest BCUT2D eigenvalue weighted by Crippen LogP contribution is 2.34. The summed E-state index contributed by atoms with van der Waals surface area (Å²) in [5.74, 6) is -0.0478. The third kappa shape index (κ3) is 4.67. The molecule has 2 N–H and O–H groups in total. The molecular formula is C17H16ClF3N5O3+. The number of nitrogens with zero attached hydrogens (tertiary/aromatic N) is 3. The lowest BCUT2D eigenvalue weighted by molar-refractivity contribution is -0.384. The van der Waals surface area contributed by atoms with Gasteiger partial charge in [0.05, 0.1) is 24.2 Å². The van der Waals surface area contributed by atoms with Crippen molar-refractivity contribution in [3.8, 4) is 0 Å².